The molecule has 0 saturated heterocycles. The first-order valence-corrected chi connectivity index (χ1v) is 9.94. The van der Waals surface area contributed by atoms with Crippen molar-refractivity contribution < 1.29 is 9.21 Å². The first kappa shape index (κ1) is 19.1. The number of fused-ring (bicyclic) bond motifs is 3. The van der Waals surface area contributed by atoms with Crippen molar-refractivity contribution in [3.8, 4) is 0 Å². The van der Waals surface area contributed by atoms with Crippen LogP contribution in [0.3, 0.4) is 0 Å². The van der Waals surface area contributed by atoms with Gasteiger partial charge in [-0.15, -0.1) is 5.10 Å². The molecule has 7 heteroatoms. The van der Waals surface area contributed by atoms with Crippen molar-refractivity contribution in [3.63, 3.8) is 0 Å². The Hall–Kier alpha value is -3.22. The number of pyridine rings is 1. The molecule has 0 fully saturated rings. The molecule has 0 aliphatic rings. The maximum absolute atomic E-state index is 12.4. The Kier molecular flexibility index (Phi) is 5.29. The molecule has 150 valence electrons. The molecule has 4 aromatic rings. The number of amides is 1. The van der Waals surface area contributed by atoms with Gasteiger partial charge in [-0.2, -0.15) is 0 Å². The normalized spacial score (nSPS) is 12.5. The highest BCUT2D eigenvalue weighted by Crippen LogP contribution is 2.21. The molecule has 0 bridgehead atoms. The third-order valence-corrected chi connectivity index (χ3v) is 5.30. The van der Waals surface area contributed by atoms with Gasteiger partial charge >= 0.3 is 0 Å². The van der Waals surface area contributed by atoms with Crippen molar-refractivity contribution in [2.75, 3.05) is 0 Å². The van der Waals surface area contributed by atoms with Crippen LogP contribution in [0.5, 0.6) is 0 Å². The fourth-order valence-electron chi connectivity index (χ4n) is 3.70. The lowest BCUT2D eigenvalue weighted by Gasteiger charge is -2.14. The van der Waals surface area contributed by atoms with Gasteiger partial charge in [-0.25, -0.2) is 14.5 Å². The number of furan rings is 1. The lowest BCUT2D eigenvalue weighted by molar-refractivity contribution is -0.121. The minimum Gasteiger partial charge on any atom is -0.469 e. The largest absolute Gasteiger partial charge is 0.469 e. The van der Waals surface area contributed by atoms with Crippen molar-refractivity contribution in [2.24, 2.45) is 0 Å². The van der Waals surface area contributed by atoms with Crippen molar-refractivity contribution in [1.29, 1.82) is 0 Å². The molecule has 1 N–H and O–H groups in total. The molecule has 0 radical (unpaired) electrons. The summed E-state index contributed by atoms with van der Waals surface area (Å²) < 4.78 is 7.18. The lowest BCUT2D eigenvalue weighted by atomic mass is 10.1. The molecular formula is C22H25N5O2. The second-order valence-electron chi connectivity index (χ2n) is 7.46. The monoisotopic (exact) mass is 391 g/mol. The van der Waals surface area contributed by atoms with Gasteiger partial charge in [0.1, 0.15) is 5.76 Å². The second kappa shape index (κ2) is 8.03. The zero-order valence-corrected chi connectivity index (χ0v) is 17.0. The van der Waals surface area contributed by atoms with Gasteiger partial charge in [0.25, 0.3) is 0 Å². The Balaban J connectivity index is 1.42. The van der Waals surface area contributed by atoms with E-state index in [0.717, 1.165) is 46.6 Å². The maximum Gasteiger partial charge on any atom is 0.220 e. The predicted molar refractivity (Wildman–Crippen MR) is 111 cm³/mol. The number of aromatic nitrogens is 4. The highest BCUT2D eigenvalue weighted by atomic mass is 16.3. The molecule has 7 nitrogen and oxygen atoms in total. The van der Waals surface area contributed by atoms with Crippen LogP contribution in [0.25, 0.3) is 16.7 Å². The van der Waals surface area contributed by atoms with Crippen LogP contribution in [0.4, 0.5) is 0 Å². The molecule has 29 heavy (non-hydrogen) atoms. The zero-order chi connectivity index (χ0) is 20.4. The van der Waals surface area contributed by atoms with Gasteiger partial charge < -0.3 is 9.73 Å². The number of nitrogens with one attached hydrogen (secondary N) is 1. The molecule has 1 atom stereocenters. The summed E-state index contributed by atoms with van der Waals surface area (Å²) in [6.07, 6.45) is 6.11. The summed E-state index contributed by atoms with van der Waals surface area (Å²) in [4.78, 5) is 21.5. The van der Waals surface area contributed by atoms with Crippen LogP contribution < -0.4 is 5.32 Å². The van der Waals surface area contributed by atoms with Gasteiger partial charge in [0.15, 0.2) is 11.3 Å². The van der Waals surface area contributed by atoms with Crippen molar-refractivity contribution in [2.45, 2.75) is 52.5 Å². The predicted octanol–water partition coefficient (Wildman–Crippen LogP) is 3.56. The quantitative estimate of drug-likeness (QED) is 0.521. The standard InChI is InChI=1S/C22H25N5O2/c1-14(8-9-17-6-5-13-29-17)24-20(28)11-10-18-15(2)25-22-19-7-4-12-23-21(19)26-27(22)16(18)3/h4-7,12-14H,8-11H2,1-3H3,(H,24,28)/t14-/m1/s1. The molecule has 1 amide bonds. The first-order valence-electron chi connectivity index (χ1n) is 9.94. The fourth-order valence-corrected chi connectivity index (χ4v) is 3.70. The second-order valence-corrected chi connectivity index (χ2v) is 7.46. The molecule has 0 saturated carbocycles. The summed E-state index contributed by atoms with van der Waals surface area (Å²) >= 11 is 0. The number of hydrogen-bond donors (Lipinski definition) is 1. The summed E-state index contributed by atoms with van der Waals surface area (Å²) in [5.41, 5.74) is 4.48. The molecule has 4 heterocycles. The minimum absolute atomic E-state index is 0.0446. The van der Waals surface area contributed by atoms with Gasteiger partial charge in [-0.3, -0.25) is 4.79 Å². The van der Waals surface area contributed by atoms with Crippen LogP contribution >= 0.6 is 0 Å². The van der Waals surface area contributed by atoms with Gasteiger partial charge in [0, 0.05) is 36.5 Å². The molecule has 0 aliphatic carbocycles. The molecule has 4 rings (SSSR count). The molecule has 0 aromatic carbocycles. The molecular weight excluding hydrogens is 366 g/mol. The van der Waals surface area contributed by atoms with Crippen molar-refractivity contribution >= 4 is 22.6 Å². The van der Waals surface area contributed by atoms with E-state index in [1.54, 1.807) is 12.5 Å². The number of aryl methyl sites for hydroxylation is 3. The van der Waals surface area contributed by atoms with E-state index in [2.05, 4.69) is 15.4 Å². The number of carbonyl (C=O) groups excluding carboxylic acids is 1. The van der Waals surface area contributed by atoms with Crippen LogP contribution in [-0.2, 0) is 17.6 Å². The van der Waals surface area contributed by atoms with Gasteiger partial charge in [0.05, 0.1) is 11.6 Å². The molecule has 4 aromatic heterocycles. The highest BCUT2D eigenvalue weighted by molar-refractivity contribution is 5.89. The van der Waals surface area contributed by atoms with Gasteiger partial charge in [-0.1, -0.05) is 0 Å². The average molecular weight is 391 g/mol. The highest BCUT2D eigenvalue weighted by Gasteiger charge is 2.16. The van der Waals surface area contributed by atoms with E-state index in [1.165, 1.54) is 0 Å². The summed E-state index contributed by atoms with van der Waals surface area (Å²) in [6.45, 7) is 6.03. The Labute approximate surface area is 169 Å². The molecule has 0 unspecified atom stereocenters. The van der Waals surface area contributed by atoms with E-state index in [9.17, 15) is 4.79 Å². The lowest BCUT2D eigenvalue weighted by Crippen LogP contribution is -2.33. The summed E-state index contributed by atoms with van der Waals surface area (Å²) in [6, 6.07) is 7.80. The van der Waals surface area contributed by atoms with E-state index in [1.807, 2.05) is 49.6 Å². The van der Waals surface area contributed by atoms with E-state index >= 15 is 0 Å². The average Bonchev–Trinajstić information content (AvgIpc) is 3.34. The van der Waals surface area contributed by atoms with Crippen LogP contribution in [0.2, 0.25) is 0 Å². The Morgan fingerprint density at radius 1 is 1.24 bits per heavy atom. The Bertz CT molecular complexity index is 1150. The van der Waals surface area contributed by atoms with Gasteiger partial charge in [0.2, 0.25) is 5.91 Å². The van der Waals surface area contributed by atoms with Crippen molar-refractivity contribution in [1.82, 2.24) is 24.9 Å². The summed E-state index contributed by atoms with van der Waals surface area (Å²) in [7, 11) is 0. The van der Waals surface area contributed by atoms with Gasteiger partial charge in [-0.05, 0) is 63.4 Å². The summed E-state index contributed by atoms with van der Waals surface area (Å²) in [5, 5.41) is 8.59. The van der Waals surface area contributed by atoms with E-state index < -0.39 is 0 Å². The topological polar surface area (TPSA) is 85.3 Å². The van der Waals surface area contributed by atoms with Crippen LogP contribution in [-0.4, -0.2) is 31.5 Å². The fraction of sp³-hybridized carbons (Fsp3) is 0.364. The SMILES string of the molecule is Cc1nc2c3cccnc3nn2c(C)c1CCC(=O)N[C@H](C)CCc1ccco1. The molecule has 0 aliphatic heterocycles. The Morgan fingerprint density at radius 3 is 2.90 bits per heavy atom. The number of nitrogens with zero attached hydrogens (tertiary/aromatic N) is 4. The van der Waals surface area contributed by atoms with E-state index in [0.29, 0.717) is 18.5 Å². The number of rotatable bonds is 7. The van der Waals surface area contributed by atoms with Crippen molar-refractivity contribution in [3.05, 3.63) is 59.4 Å². The van der Waals surface area contributed by atoms with Crippen LogP contribution in [0.15, 0.2) is 41.1 Å². The summed E-state index contributed by atoms with van der Waals surface area (Å²) in [5.74, 6) is 0.987. The number of hydrogen-bond acceptors (Lipinski definition) is 5. The smallest absolute Gasteiger partial charge is 0.220 e. The van der Waals surface area contributed by atoms with Crippen LogP contribution in [0, 0.1) is 13.8 Å². The first-order chi connectivity index (χ1) is 14.0. The third kappa shape index (κ3) is 3.99. The number of carbonyl (C=O) groups is 1. The Morgan fingerprint density at radius 2 is 2.10 bits per heavy atom. The molecule has 0 spiro atoms. The zero-order valence-electron chi connectivity index (χ0n) is 17.0. The maximum atomic E-state index is 12.4. The third-order valence-electron chi connectivity index (χ3n) is 5.30. The van der Waals surface area contributed by atoms with E-state index in [-0.39, 0.29) is 11.9 Å². The minimum atomic E-state index is 0.0446. The van der Waals surface area contributed by atoms with Crippen LogP contribution in [0.1, 0.15) is 42.5 Å². The van der Waals surface area contributed by atoms with E-state index in [4.69, 9.17) is 9.40 Å².